The Morgan fingerprint density at radius 2 is 1.00 bits per heavy atom. The van der Waals surface area contributed by atoms with E-state index >= 15 is 0 Å². The van der Waals surface area contributed by atoms with Gasteiger partial charge in [0.05, 0.1) is 0 Å². The Kier molecular flexibility index (Phi) is 4.72. The fraction of sp³-hybridized carbons (Fsp3) is 0. The molecule has 112 valence electrons. The zero-order valence-corrected chi connectivity index (χ0v) is 12.7. The lowest BCUT2D eigenvalue weighted by atomic mass is 9.92. The predicted octanol–water partition coefficient (Wildman–Crippen LogP) is 3.90. The summed E-state index contributed by atoms with van der Waals surface area (Å²) in [5.74, 6) is 0. The molecule has 0 saturated heterocycles. The molecule has 4 aromatic rings. The van der Waals surface area contributed by atoms with Gasteiger partial charge in [0.15, 0.2) is 0 Å². The van der Waals surface area contributed by atoms with Gasteiger partial charge in [0.25, 0.3) is 0 Å². The first-order chi connectivity index (χ1) is 11.3. The molecule has 0 aliphatic rings. The molecule has 0 amide bonds. The molecule has 3 heteroatoms. The highest BCUT2D eigenvalue weighted by atomic mass is 16.4. The van der Waals surface area contributed by atoms with Crippen LogP contribution in [0.15, 0.2) is 84.9 Å². The van der Waals surface area contributed by atoms with Gasteiger partial charge in [-0.05, 0) is 38.7 Å². The van der Waals surface area contributed by atoms with Crippen LogP contribution in [0.4, 0.5) is 0 Å². The van der Waals surface area contributed by atoms with Gasteiger partial charge in [-0.2, -0.15) is 0 Å². The van der Waals surface area contributed by atoms with Gasteiger partial charge in [0.2, 0.25) is 0 Å². The summed E-state index contributed by atoms with van der Waals surface area (Å²) in [5, 5.41) is 19.5. The van der Waals surface area contributed by atoms with Crippen molar-refractivity contribution in [3.8, 4) is 11.1 Å². The molecular weight excluding hydrogens is 283 g/mol. The number of rotatable bonds is 1. The van der Waals surface area contributed by atoms with E-state index in [1.165, 1.54) is 32.7 Å². The summed E-state index contributed by atoms with van der Waals surface area (Å²) in [4.78, 5) is 0. The van der Waals surface area contributed by atoms with Crippen LogP contribution in [0.5, 0.6) is 0 Å². The molecule has 0 unspecified atom stereocenters. The van der Waals surface area contributed by atoms with Crippen LogP contribution < -0.4 is 0 Å². The molecule has 2 nitrogen and oxygen atoms in total. The Bertz CT molecular complexity index is 866. The first kappa shape index (κ1) is 15.3. The van der Waals surface area contributed by atoms with Crippen molar-refractivity contribution in [2.45, 2.75) is 0 Å². The molecule has 0 spiro atoms. The van der Waals surface area contributed by atoms with Gasteiger partial charge < -0.3 is 10.0 Å². The molecule has 0 aliphatic carbocycles. The largest absolute Gasteiger partial charge is 0.432 e. The van der Waals surface area contributed by atoms with Gasteiger partial charge in [0.1, 0.15) is 0 Å². The van der Waals surface area contributed by atoms with E-state index < -0.39 is 7.69 Å². The highest BCUT2D eigenvalue weighted by molar-refractivity contribution is 6.13. The zero-order valence-electron chi connectivity index (χ0n) is 12.7. The van der Waals surface area contributed by atoms with E-state index in [1.54, 1.807) is 0 Å². The van der Waals surface area contributed by atoms with E-state index in [0.29, 0.717) is 0 Å². The Hall–Kier alpha value is -2.62. The molecule has 0 aliphatic heterocycles. The maximum atomic E-state index is 7.12. The zero-order chi connectivity index (χ0) is 16.1. The van der Waals surface area contributed by atoms with Crippen molar-refractivity contribution < 1.29 is 10.0 Å². The van der Waals surface area contributed by atoms with E-state index in [9.17, 15) is 0 Å². The minimum Gasteiger partial charge on any atom is -0.430 e. The van der Waals surface area contributed by atoms with E-state index in [-0.39, 0.29) is 0 Å². The smallest absolute Gasteiger partial charge is 0.430 e. The van der Waals surface area contributed by atoms with Crippen LogP contribution in [0.1, 0.15) is 0 Å². The maximum absolute atomic E-state index is 7.12. The van der Waals surface area contributed by atoms with Gasteiger partial charge in [-0.1, -0.05) is 78.9 Å². The van der Waals surface area contributed by atoms with E-state index in [2.05, 4.69) is 84.9 Å². The lowest BCUT2D eigenvalue weighted by Gasteiger charge is -2.11. The second-order valence-electron chi connectivity index (χ2n) is 5.20. The minimum atomic E-state index is -0.750. The quantitative estimate of drug-likeness (QED) is 0.413. The molecule has 0 aromatic heterocycles. The Labute approximate surface area is 136 Å². The van der Waals surface area contributed by atoms with Crippen molar-refractivity contribution in [1.82, 2.24) is 0 Å². The average Bonchev–Trinajstić information content (AvgIpc) is 2.61. The third-order valence-electron chi connectivity index (χ3n) is 3.83. The van der Waals surface area contributed by atoms with Crippen molar-refractivity contribution in [3.05, 3.63) is 84.9 Å². The molecule has 0 saturated carbocycles. The summed E-state index contributed by atoms with van der Waals surface area (Å²) < 4.78 is 0. The number of benzene rings is 4. The Morgan fingerprint density at radius 3 is 1.52 bits per heavy atom. The molecule has 0 atom stereocenters. The number of hydrogen-bond donors (Lipinski definition) is 2. The predicted molar refractivity (Wildman–Crippen MR) is 98.5 cm³/mol. The molecule has 23 heavy (non-hydrogen) atoms. The standard InChI is InChI=1S/C20H14.BH3O2/c1-2-8-15(9-3-1)20-18-12-6-4-10-16(18)14-17-11-5-7-13-19(17)20;2-1-3/h1-14H;1-3H. The van der Waals surface area contributed by atoms with Gasteiger partial charge in [-0.3, -0.25) is 0 Å². The van der Waals surface area contributed by atoms with Crippen LogP contribution in [-0.4, -0.2) is 17.7 Å². The molecule has 4 aromatic carbocycles. The van der Waals surface area contributed by atoms with Gasteiger partial charge >= 0.3 is 7.69 Å². The topological polar surface area (TPSA) is 40.5 Å². The molecule has 0 fully saturated rings. The summed E-state index contributed by atoms with van der Waals surface area (Å²) in [6.07, 6.45) is 0. The van der Waals surface area contributed by atoms with Crippen molar-refractivity contribution in [3.63, 3.8) is 0 Å². The van der Waals surface area contributed by atoms with Crippen molar-refractivity contribution in [2.24, 2.45) is 0 Å². The third-order valence-corrected chi connectivity index (χ3v) is 3.83. The average molecular weight is 300 g/mol. The van der Waals surface area contributed by atoms with Crippen molar-refractivity contribution in [2.75, 3.05) is 0 Å². The number of fused-ring (bicyclic) bond motifs is 2. The highest BCUT2D eigenvalue weighted by Gasteiger charge is 2.08. The Balaban J connectivity index is 0.000000485. The van der Waals surface area contributed by atoms with E-state index in [1.807, 2.05) is 0 Å². The SMILES string of the molecule is OBO.c1ccc(-c2c3ccccc3cc3ccccc23)cc1. The minimum absolute atomic E-state index is 0.750. The van der Waals surface area contributed by atoms with E-state index in [4.69, 9.17) is 10.0 Å². The molecule has 0 radical (unpaired) electrons. The van der Waals surface area contributed by atoms with Crippen LogP contribution in [0.3, 0.4) is 0 Å². The maximum Gasteiger partial charge on any atom is 0.432 e. The highest BCUT2D eigenvalue weighted by Crippen LogP contribution is 2.35. The van der Waals surface area contributed by atoms with Crippen molar-refractivity contribution in [1.29, 1.82) is 0 Å². The number of hydrogen-bond acceptors (Lipinski definition) is 2. The molecule has 0 heterocycles. The fourth-order valence-corrected chi connectivity index (χ4v) is 2.93. The fourth-order valence-electron chi connectivity index (χ4n) is 2.93. The second kappa shape index (κ2) is 7.10. The third kappa shape index (κ3) is 3.11. The van der Waals surface area contributed by atoms with Crippen LogP contribution in [0.25, 0.3) is 32.7 Å². The summed E-state index contributed by atoms with van der Waals surface area (Å²) in [5.41, 5.74) is 2.61. The summed E-state index contributed by atoms with van der Waals surface area (Å²) in [7, 11) is -0.750. The normalized spacial score (nSPS) is 10.2. The first-order valence-electron chi connectivity index (χ1n) is 7.53. The summed E-state index contributed by atoms with van der Waals surface area (Å²) in [6, 6.07) is 30.2. The van der Waals surface area contributed by atoms with Gasteiger partial charge in [-0.15, -0.1) is 0 Å². The first-order valence-corrected chi connectivity index (χ1v) is 7.53. The molecule has 2 N–H and O–H groups in total. The summed E-state index contributed by atoms with van der Waals surface area (Å²) in [6.45, 7) is 0. The van der Waals surface area contributed by atoms with E-state index in [0.717, 1.165) is 0 Å². The lowest BCUT2D eigenvalue weighted by molar-refractivity contribution is 0.448. The van der Waals surface area contributed by atoms with Crippen LogP contribution >= 0.6 is 0 Å². The van der Waals surface area contributed by atoms with Crippen molar-refractivity contribution >= 4 is 29.2 Å². The van der Waals surface area contributed by atoms with Crippen LogP contribution in [-0.2, 0) is 0 Å². The molecule has 0 bridgehead atoms. The molecular formula is C20H17BO2. The lowest BCUT2D eigenvalue weighted by Crippen LogP contribution is -1.84. The Morgan fingerprint density at radius 1 is 0.565 bits per heavy atom. The molecule has 4 rings (SSSR count). The van der Waals surface area contributed by atoms with Crippen LogP contribution in [0, 0.1) is 0 Å². The van der Waals surface area contributed by atoms with Gasteiger partial charge in [-0.25, -0.2) is 0 Å². The monoisotopic (exact) mass is 300 g/mol. The summed E-state index contributed by atoms with van der Waals surface area (Å²) >= 11 is 0. The van der Waals surface area contributed by atoms with Gasteiger partial charge in [0, 0.05) is 0 Å². The van der Waals surface area contributed by atoms with Crippen LogP contribution in [0.2, 0.25) is 0 Å². The second-order valence-corrected chi connectivity index (χ2v) is 5.20.